The molecule has 0 aromatic carbocycles. The van der Waals surface area contributed by atoms with Gasteiger partial charge in [-0.1, -0.05) is 33.1 Å². The zero-order valence-corrected chi connectivity index (χ0v) is 19.1. The second-order valence-electron chi connectivity index (χ2n) is 9.29. The maximum Gasteiger partial charge on any atom is 0.259 e. The molecule has 1 saturated heterocycles. The van der Waals surface area contributed by atoms with Crippen LogP contribution in [-0.4, -0.2) is 55.2 Å². The van der Waals surface area contributed by atoms with Gasteiger partial charge < -0.3 is 19.1 Å². The summed E-state index contributed by atoms with van der Waals surface area (Å²) in [5.74, 6) is 1.48. The average molecular weight is 419 g/mol. The summed E-state index contributed by atoms with van der Waals surface area (Å²) in [6.07, 6.45) is 10.6. The quantitative estimate of drug-likeness (QED) is 0.338. The van der Waals surface area contributed by atoms with Gasteiger partial charge in [0.05, 0.1) is 6.04 Å². The van der Waals surface area contributed by atoms with E-state index in [0.29, 0.717) is 12.3 Å². The van der Waals surface area contributed by atoms with Crippen LogP contribution >= 0.6 is 0 Å². The lowest BCUT2D eigenvalue weighted by Crippen LogP contribution is -2.76. The number of likely N-dealkylation sites (tertiary alicyclic amines) is 1. The van der Waals surface area contributed by atoms with Gasteiger partial charge in [0, 0.05) is 32.5 Å². The van der Waals surface area contributed by atoms with Crippen molar-refractivity contribution >= 4 is 5.91 Å². The molecule has 1 amide bonds. The van der Waals surface area contributed by atoms with Crippen molar-refractivity contribution < 1.29 is 19.0 Å². The van der Waals surface area contributed by atoms with E-state index in [0.717, 1.165) is 30.9 Å². The topological polar surface area (TPSA) is 60.9 Å². The number of nitrogens with zero attached hydrogens (tertiary/aromatic N) is 2. The highest BCUT2D eigenvalue weighted by atomic mass is 16.7. The second-order valence-corrected chi connectivity index (χ2v) is 9.29. The molecule has 2 fully saturated rings. The maximum atomic E-state index is 13.2. The van der Waals surface area contributed by atoms with Crippen LogP contribution in [0, 0.1) is 11.8 Å². The van der Waals surface area contributed by atoms with Crippen molar-refractivity contribution in [1.29, 1.82) is 0 Å². The Hall–Kier alpha value is -1.50. The van der Waals surface area contributed by atoms with E-state index in [1.165, 1.54) is 31.2 Å². The van der Waals surface area contributed by atoms with Gasteiger partial charge in [0.25, 0.3) is 5.91 Å². The second kappa shape index (κ2) is 10.7. The van der Waals surface area contributed by atoms with Crippen molar-refractivity contribution in [2.45, 2.75) is 76.9 Å². The van der Waals surface area contributed by atoms with Crippen molar-refractivity contribution in [2.75, 3.05) is 27.7 Å². The minimum Gasteiger partial charge on any atom is -0.364 e. The molecular formula is C24H38N2O4. The summed E-state index contributed by atoms with van der Waals surface area (Å²) in [6.45, 7) is 4.77. The molecule has 0 unspecified atom stereocenters. The third-order valence-electron chi connectivity index (χ3n) is 6.36. The van der Waals surface area contributed by atoms with Crippen molar-refractivity contribution in [2.24, 2.45) is 11.8 Å². The number of hydrogen-bond acceptors (Lipinski definition) is 5. The Bertz CT molecular complexity index is 692. The molecule has 2 atom stereocenters. The Kier molecular flexibility index (Phi) is 8.26. The Morgan fingerprint density at radius 1 is 1.23 bits per heavy atom. The molecule has 30 heavy (non-hydrogen) atoms. The van der Waals surface area contributed by atoms with E-state index in [1.807, 2.05) is 6.20 Å². The summed E-state index contributed by atoms with van der Waals surface area (Å²) in [5, 5.41) is 0. The monoisotopic (exact) mass is 418 g/mol. The first kappa shape index (κ1) is 23.2. The van der Waals surface area contributed by atoms with E-state index < -0.39 is 5.60 Å². The van der Waals surface area contributed by atoms with Gasteiger partial charge in [-0.3, -0.25) is 9.78 Å². The van der Waals surface area contributed by atoms with Gasteiger partial charge in [-0.2, -0.15) is 0 Å². The van der Waals surface area contributed by atoms with E-state index in [-0.39, 0.29) is 25.5 Å². The van der Waals surface area contributed by atoms with Gasteiger partial charge in [0.1, 0.15) is 13.5 Å². The van der Waals surface area contributed by atoms with Crippen LogP contribution in [0.25, 0.3) is 0 Å². The van der Waals surface area contributed by atoms with Crippen LogP contribution in [0.2, 0.25) is 0 Å². The predicted octanol–water partition coefficient (Wildman–Crippen LogP) is 3.97. The third kappa shape index (κ3) is 5.59. The summed E-state index contributed by atoms with van der Waals surface area (Å²) >= 11 is 0. The fourth-order valence-corrected chi connectivity index (χ4v) is 4.50. The van der Waals surface area contributed by atoms with Gasteiger partial charge >= 0.3 is 0 Å². The third-order valence-corrected chi connectivity index (χ3v) is 6.36. The van der Waals surface area contributed by atoms with E-state index in [9.17, 15) is 4.79 Å². The molecule has 1 aliphatic carbocycles. The first-order chi connectivity index (χ1) is 14.5. The summed E-state index contributed by atoms with van der Waals surface area (Å²) in [4.78, 5) is 19.6. The fraction of sp³-hybridized carbons (Fsp3) is 0.750. The SMILES string of the molecule is COCO[C@@]1(Cc2cc(CCCC3CC3)ccn2)C(=O)N(COC)[C@H]1CCC(C)C. The lowest BCUT2D eigenvalue weighted by atomic mass is 9.75. The molecule has 6 nitrogen and oxygen atoms in total. The molecule has 0 bridgehead atoms. The number of pyridine rings is 1. The standard InChI is InChI=1S/C24H38N2O4/c1-18(2)8-11-22-24(30-17-29-4,23(27)26(22)16-28-3)15-21-14-20(12-13-25-21)7-5-6-19-9-10-19/h12-14,18-19,22H,5-11,15-17H2,1-4H3/t22-,24+/m0/s1. The first-order valence-corrected chi connectivity index (χ1v) is 11.4. The smallest absolute Gasteiger partial charge is 0.259 e. The Morgan fingerprint density at radius 2 is 2.03 bits per heavy atom. The Balaban J connectivity index is 1.75. The van der Waals surface area contributed by atoms with E-state index >= 15 is 0 Å². The van der Waals surface area contributed by atoms with Crippen molar-refractivity contribution in [3.8, 4) is 0 Å². The number of carbonyl (C=O) groups excluding carboxylic acids is 1. The fourth-order valence-electron chi connectivity index (χ4n) is 4.50. The van der Waals surface area contributed by atoms with Crippen LogP contribution in [-0.2, 0) is 31.8 Å². The van der Waals surface area contributed by atoms with E-state index in [1.54, 1.807) is 19.1 Å². The van der Waals surface area contributed by atoms with Crippen LogP contribution in [0.1, 0.15) is 63.6 Å². The van der Waals surface area contributed by atoms with Gasteiger partial charge in [-0.25, -0.2) is 0 Å². The van der Waals surface area contributed by atoms with Crippen LogP contribution in [0.5, 0.6) is 0 Å². The molecule has 0 radical (unpaired) electrons. The highest BCUT2D eigenvalue weighted by Gasteiger charge is 2.61. The van der Waals surface area contributed by atoms with Gasteiger partial charge in [0.15, 0.2) is 5.60 Å². The average Bonchev–Trinajstić information content (AvgIpc) is 3.55. The van der Waals surface area contributed by atoms with Crippen LogP contribution in [0.3, 0.4) is 0 Å². The molecule has 1 aromatic rings. The Labute approximate surface area is 181 Å². The highest BCUT2D eigenvalue weighted by molar-refractivity contribution is 5.93. The van der Waals surface area contributed by atoms with Gasteiger partial charge in [-0.05, 0) is 55.2 Å². The summed E-state index contributed by atoms with van der Waals surface area (Å²) in [7, 11) is 3.21. The van der Waals surface area contributed by atoms with Crippen LogP contribution in [0.4, 0.5) is 0 Å². The van der Waals surface area contributed by atoms with Crippen molar-refractivity contribution in [3.05, 3.63) is 29.6 Å². The van der Waals surface area contributed by atoms with Crippen LogP contribution in [0.15, 0.2) is 18.3 Å². The molecule has 0 N–H and O–H groups in total. The molecule has 1 saturated carbocycles. The maximum absolute atomic E-state index is 13.2. The number of ether oxygens (including phenoxy) is 3. The minimum absolute atomic E-state index is 0.0314. The van der Waals surface area contributed by atoms with Gasteiger partial charge in [0.2, 0.25) is 0 Å². The lowest BCUT2D eigenvalue weighted by molar-refractivity contribution is -0.234. The lowest BCUT2D eigenvalue weighted by Gasteiger charge is -2.55. The molecular weight excluding hydrogens is 380 g/mol. The number of aromatic nitrogens is 1. The molecule has 3 rings (SSSR count). The number of rotatable bonds is 14. The minimum atomic E-state index is -0.928. The number of aryl methyl sites for hydroxylation is 1. The zero-order valence-electron chi connectivity index (χ0n) is 19.1. The zero-order chi connectivity index (χ0) is 21.6. The van der Waals surface area contributed by atoms with Crippen molar-refractivity contribution in [1.82, 2.24) is 9.88 Å². The number of amides is 1. The molecule has 168 valence electrons. The number of carbonyl (C=O) groups is 1. The summed E-state index contributed by atoms with van der Waals surface area (Å²) < 4.78 is 16.6. The summed E-state index contributed by atoms with van der Waals surface area (Å²) in [6, 6.07) is 4.20. The van der Waals surface area contributed by atoms with E-state index in [4.69, 9.17) is 14.2 Å². The molecule has 2 aliphatic rings. The normalized spacial score (nSPS) is 23.8. The highest BCUT2D eigenvalue weighted by Crippen LogP contribution is 2.40. The molecule has 1 aromatic heterocycles. The molecule has 0 spiro atoms. The van der Waals surface area contributed by atoms with Crippen molar-refractivity contribution in [3.63, 3.8) is 0 Å². The first-order valence-electron chi connectivity index (χ1n) is 11.4. The Morgan fingerprint density at radius 3 is 2.70 bits per heavy atom. The number of hydrogen-bond donors (Lipinski definition) is 0. The molecule has 1 aliphatic heterocycles. The van der Waals surface area contributed by atoms with Gasteiger partial charge in [-0.15, -0.1) is 0 Å². The molecule has 6 heteroatoms. The predicted molar refractivity (Wildman–Crippen MR) is 116 cm³/mol. The molecule has 2 heterocycles. The van der Waals surface area contributed by atoms with Crippen LogP contribution < -0.4 is 0 Å². The largest absolute Gasteiger partial charge is 0.364 e. The number of β-lactam (4-membered cyclic amide) rings is 1. The summed E-state index contributed by atoms with van der Waals surface area (Å²) in [5.41, 5.74) is 1.28. The van der Waals surface area contributed by atoms with E-state index in [2.05, 4.69) is 31.0 Å². The number of methoxy groups -OCH3 is 2.